The Morgan fingerprint density at radius 3 is 2.06 bits per heavy atom. The van der Waals surface area contributed by atoms with Gasteiger partial charge >= 0.3 is 0 Å². The molecule has 36 heavy (non-hydrogen) atoms. The Morgan fingerprint density at radius 1 is 0.750 bits per heavy atom. The SMILES string of the molecule is COc1ccccc1C1Nc2ccccc2NC2=C1C(=O)CC(c1cc(OC)c(OC)c(OC)c1)C2. The number of anilines is 2. The summed E-state index contributed by atoms with van der Waals surface area (Å²) in [6.07, 6.45) is 1.02. The molecule has 186 valence electrons. The van der Waals surface area contributed by atoms with Gasteiger partial charge in [0.05, 0.1) is 45.9 Å². The van der Waals surface area contributed by atoms with Crippen molar-refractivity contribution in [3.8, 4) is 23.0 Å². The molecule has 7 heteroatoms. The number of para-hydroxylation sites is 3. The summed E-state index contributed by atoms with van der Waals surface area (Å²) in [5.41, 5.74) is 5.38. The number of carbonyl (C=O) groups is 1. The monoisotopic (exact) mass is 486 g/mol. The first-order valence-electron chi connectivity index (χ1n) is 11.9. The number of ketones is 1. The minimum Gasteiger partial charge on any atom is -0.496 e. The van der Waals surface area contributed by atoms with E-state index >= 15 is 0 Å². The molecule has 2 atom stereocenters. The Hall–Kier alpha value is -4.13. The highest BCUT2D eigenvalue weighted by Crippen LogP contribution is 2.48. The van der Waals surface area contributed by atoms with Crippen LogP contribution in [0.2, 0.25) is 0 Å². The molecule has 7 nitrogen and oxygen atoms in total. The van der Waals surface area contributed by atoms with E-state index in [0.717, 1.165) is 39.5 Å². The summed E-state index contributed by atoms with van der Waals surface area (Å²) in [4.78, 5) is 13.9. The number of ether oxygens (including phenoxy) is 4. The third-order valence-electron chi connectivity index (χ3n) is 6.92. The van der Waals surface area contributed by atoms with Crippen molar-refractivity contribution in [3.05, 3.63) is 83.1 Å². The maximum Gasteiger partial charge on any atom is 0.203 e. The topological polar surface area (TPSA) is 78.1 Å². The predicted octanol–water partition coefficient (Wildman–Crippen LogP) is 5.70. The molecule has 0 fully saturated rings. The van der Waals surface area contributed by atoms with E-state index in [0.29, 0.717) is 30.1 Å². The molecular weight excluding hydrogens is 456 g/mol. The molecule has 0 saturated heterocycles. The summed E-state index contributed by atoms with van der Waals surface area (Å²) in [5.74, 6) is 2.45. The van der Waals surface area contributed by atoms with Gasteiger partial charge in [-0.2, -0.15) is 0 Å². The molecule has 0 amide bonds. The van der Waals surface area contributed by atoms with Crippen LogP contribution in [0, 0.1) is 0 Å². The van der Waals surface area contributed by atoms with Crippen LogP contribution in [-0.2, 0) is 4.79 Å². The standard InChI is InChI=1S/C29H30N2O5/c1-33-24-12-8-5-9-19(24)28-27-22(30-20-10-6-7-11-21(20)31-28)13-17(14-23(27)32)18-15-25(34-2)29(36-4)26(16-18)35-3/h5-12,15-17,28,30-31H,13-14H2,1-4H3. The highest BCUT2D eigenvalue weighted by molar-refractivity contribution is 6.01. The molecule has 5 rings (SSSR count). The molecule has 0 bridgehead atoms. The van der Waals surface area contributed by atoms with Gasteiger partial charge in [-0.05, 0) is 48.2 Å². The molecule has 0 saturated carbocycles. The number of carbonyl (C=O) groups excluding carboxylic acids is 1. The van der Waals surface area contributed by atoms with Gasteiger partial charge in [-0.15, -0.1) is 0 Å². The maximum atomic E-state index is 13.9. The maximum absolute atomic E-state index is 13.9. The Kier molecular flexibility index (Phi) is 6.46. The number of hydrogen-bond donors (Lipinski definition) is 2. The number of rotatable bonds is 6. The molecule has 1 aliphatic heterocycles. The Bertz CT molecular complexity index is 1310. The van der Waals surface area contributed by atoms with Crippen LogP contribution in [-0.4, -0.2) is 34.2 Å². The first-order chi connectivity index (χ1) is 17.6. The van der Waals surface area contributed by atoms with Gasteiger partial charge in [0.1, 0.15) is 5.75 Å². The van der Waals surface area contributed by atoms with Gasteiger partial charge in [-0.25, -0.2) is 0 Å². The van der Waals surface area contributed by atoms with Crippen LogP contribution in [0.5, 0.6) is 23.0 Å². The second-order valence-electron chi connectivity index (χ2n) is 8.87. The summed E-state index contributed by atoms with van der Waals surface area (Å²) < 4.78 is 22.3. The highest BCUT2D eigenvalue weighted by Gasteiger charge is 2.37. The second kappa shape index (κ2) is 9.85. The van der Waals surface area contributed by atoms with Gasteiger partial charge in [-0.1, -0.05) is 30.3 Å². The van der Waals surface area contributed by atoms with Crippen molar-refractivity contribution in [1.82, 2.24) is 0 Å². The largest absolute Gasteiger partial charge is 0.496 e. The lowest BCUT2D eigenvalue weighted by molar-refractivity contribution is -0.116. The minimum atomic E-state index is -0.347. The molecule has 1 aliphatic carbocycles. The van der Waals surface area contributed by atoms with Crippen LogP contribution in [0.25, 0.3) is 0 Å². The van der Waals surface area contributed by atoms with Crippen LogP contribution < -0.4 is 29.6 Å². The molecule has 3 aromatic carbocycles. The van der Waals surface area contributed by atoms with E-state index in [9.17, 15) is 4.79 Å². The number of benzene rings is 3. The van der Waals surface area contributed by atoms with Gasteiger partial charge in [0.15, 0.2) is 17.3 Å². The first kappa shape index (κ1) is 23.6. The summed E-state index contributed by atoms with van der Waals surface area (Å²) in [7, 11) is 6.43. The fraction of sp³-hybridized carbons (Fsp3) is 0.276. The van der Waals surface area contributed by atoms with Crippen LogP contribution in [0.3, 0.4) is 0 Å². The van der Waals surface area contributed by atoms with Gasteiger partial charge < -0.3 is 29.6 Å². The van der Waals surface area contributed by atoms with Gasteiger partial charge in [0.2, 0.25) is 5.75 Å². The second-order valence-corrected chi connectivity index (χ2v) is 8.87. The van der Waals surface area contributed by atoms with E-state index in [1.54, 1.807) is 28.4 Å². The van der Waals surface area contributed by atoms with Gasteiger partial charge in [0, 0.05) is 23.3 Å². The number of methoxy groups -OCH3 is 4. The summed E-state index contributed by atoms with van der Waals surface area (Å²) in [5, 5.41) is 7.19. The summed E-state index contributed by atoms with van der Waals surface area (Å²) in [6.45, 7) is 0. The van der Waals surface area contributed by atoms with Gasteiger partial charge in [-0.3, -0.25) is 4.79 Å². The first-order valence-corrected chi connectivity index (χ1v) is 11.9. The Balaban J connectivity index is 1.62. The average molecular weight is 487 g/mol. The third kappa shape index (κ3) is 4.11. The smallest absolute Gasteiger partial charge is 0.203 e. The van der Waals surface area contributed by atoms with Crippen LogP contribution in [0.1, 0.15) is 35.9 Å². The quantitative estimate of drug-likeness (QED) is 0.463. The molecule has 1 heterocycles. The lowest BCUT2D eigenvalue weighted by Crippen LogP contribution is -2.27. The zero-order chi connectivity index (χ0) is 25.2. The molecule has 2 unspecified atom stereocenters. The molecule has 2 N–H and O–H groups in total. The van der Waals surface area contributed by atoms with E-state index in [1.807, 2.05) is 60.7 Å². The van der Waals surface area contributed by atoms with Crippen molar-refractivity contribution in [2.24, 2.45) is 0 Å². The van der Waals surface area contributed by atoms with Crippen LogP contribution in [0.15, 0.2) is 71.9 Å². The normalized spacial score (nSPS) is 18.7. The molecule has 0 spiro atoms. The number of hydrogen-bond acceptors (Lipinski definition) is 7. The number of nitrogens with one attached hydrogen (secondary N) is 2. The number of allylic oxidation sites excluding steroid dienone is 1. The number of Topliss-reactive ketones (excluding diaryl/α,β-unsaturated/α-hetero) is 1. The highest BCUT2D eigenvalue weighted by atomic mass is 16.5. The van der Waals surface area contributed by atoms with Crippen LogP contribution in [0.4, 0.5) is 11.4 Å². The van der Waals surface area contributed by atoms with Crippen molar-refractivity contribution < 1.29 is 23.7 Å². The fourth-order valence-corrected chi connectivity index (χ4v) is 5.20. The lowest BCUT2D eigenvalue weighted by Gasteiger charge is -2.30. The van der Waals surface area contributed by atoms with Crippen LogP contribution >= 0.6 is 0 Å². The summed E-state index contributed by atoms with van der Waals surface area (Å²) >= 11 is 0. The zero-order valence-electron chi connectivity index (χ0n) is 20.9. The average Bonchev–Trinajstić information content (AvgIpc) is 3.08. The van der Waals surface area contributed by atoms with Crippen molar-refractivity contribution in [3.63, 3.8) is 0 Å². The zero-order valence-corrected chi connectivity index (χ0v) is 20.9. The van der Waals surface area contributed by atoms with E-state index in [1.165, 1.54) is 0 Å². The van der Waals surface area contributed by atoms with E-state index in [-0.39, 0.29) is 17.7 Å². The molecule has 0 aromatic heterocycles. The predicted molar refractivity (Wildman–Crippen MR) is 140 cm³/mol. The minimum absolute atomic E-state index is 0.0546. The molecular formula is C29H30N2O5. The number of fused-ring (bicyclic) bond motifs is 1. The van der Waals surface area contributed by atoms with Crippen molar-refractivity contribution >= 4 is 17.2 Å². The third-order valence-corrected chi connectivity index (χ3v) is 6.92. The van der Waals surface area contributed by atoms with Crippen molar-refractivity contribution in [2.75, 3.05) is 39.1 Å². The van der Waals surface area contributed by atoms with E-state index in [4.69, 9.17) is 18.9 Å². The lowest BCUT2D eigenvalue weighted by atomic mass is 9.78. The van der Waals surface area contributed by atoms with Gasteiger partial charge in [0.25, 0.3) is 0 Å². The molecule has 0 radical (unpaired) electrons. The van der Waals surface area contributed by atoms with E-state index < -0.39 is 0 Å². The van der Waals surface area contributed by atoms with E-state index in [2.05, 4.69) is 10.6 Å². The van der Waals surface area contributed by atoms with Crippen molar-refractivity contribution in [1.29, 1.82) is 0 Å². The Labute approximate surface area is 211 Å². The van der Waals surface area contributed by atoms with Crippen molar-refractivity contribution in [2.45, 2.75) is 24.8 Å². The molecule has 2 aliphatic rings. The Morgan fingerprint density at radius 2 is 1.39 bits per heavy atom. The molecule has 3 aromatic rings. The fourth-order valence-electron chi connectivity index (χ4n) is 5.20. The summed E-state index contributed by atoms with van der Waals surface area (Å²) in [6, 6.07) is 19.4.